The molecule has 5 nitrogen and oxygen atoms in total. The predicted octanol–water partition coefficient (Wildman–Crippen LogP) is 2.18. The number of imide groups is 1. The van der Waals surface area contributed by atoms with Gasteiger partial charge in [-0.1, -0.05) is 24.3 Å². The van der Waals surface area contributed by atoms with Gasteiger partial charge in [0.25, 0.3) is 5.91 Å². The molecule has 1 saturated heterocycles. The molecule has 22 heavy (non-hydrogen) atoms. The molecule has 1 heterocycles. The highest BCUT2D eigenvalue weighted by Gasteiger charge is 2.54. The average molecular weight is 301 g/mol. The summed E-state index contributed by atoms with van der Waals surface area (Å²) < 4.78 is 5.04. The van der Waals surface area contributed by atoms with Crippen LogP contribution in [-0.2, 0) is 14.3 Å². The summed E-state index contributed by atoms with van der Waals surface area (Å²) in [5.74, 6) is -1.47. The molecule has 0 saturated carbocycles. The fourth-order valence-electron chi connectivity index (χ4n) is 2.68. The minimum absolute atomic E-state index is 0.170. The zero-order valence-electron chi connectivity index (χ0n) is 12.6. The number of carbonyl (C=O) groups excluding carboxylic acids is 3. The summed E-state index contributed by atoms with van der Waals surface area (Å²) in [4.78, 5) is 38.5. The monoisotopic (exact) mass is 301 g/mol. The van der Waals surface area contributed by atoms with Crippen molar-refractivity contribution in [3.63, 3.8) is 0 Å². The topological polar surface area (TPSA) is 63.7 Å². The maximum Gasteiger partial charge on any atom is 0.322 e. The molecular weight excluding hydrogens is 282 g/mol. The Morgan fingerprint density at radius 2 is 2.05 bits per heavy atom. The quantitative estimate of drug-likeness (QED) is 0.362. The largest absolute Gasteiger partial charge is 0.465 e. The highest BCUT2D eigenvalue weighted by Crippen LogP contribution is 2.38. The van der Waals surface area contributed by atoms with Crippen molar-refractivity contribution in [3.8, 4) is 0 Å². The fourth-order valence-corrected chi connectivity index (χ4v) is 2.68. The number of benzene rings is 1. The van der Waals surface area contributed by atoms with Gasteiger partial charge < -0.3 is 4.74 Å². The molecule has 2 rings (SSSR count). The Hall–Kier alpha value is -2.43. The predicted molar refractivity (Wildman–Crippen MR) is 81.0 cm³/mol. The number of rotatable bonds is 5. The highest BCUT2D eigenvalue weighted by molar-refractivity contribution is 6.14. The van der Waals surface area contributed by atoms with Crippen LogP contribution in [-0.4, -0.2) is 35.8 Å². The summed E-state index contributed by atoms with van der Waals surface area (Å²) in [6, 6.07) is 8.55. The lowest BCUT2D eigenvalue weighted by Crippen LogP contribution is -2.43. The number of hydrogen-bond donors (Lipinski definition) is 0. The van der Waals surface area contributed by atoms with Crippen LogP contribution in [0.1, 0.15) is 30.1 Å². The van der Waals surface area contributed by atoms with Crippen molar-refractivity contribution < 1.29 is 19.1 Å². The van der Waals surface area contributed by atoms with Gasteiger partial charge in [-0.3, -0.25) is 19.3 Å². The van der Waals surface area contributed by atoms with Gasteiger partial charge in [-0.2, -0.15) is 0 Å². The zero-order chi connectivity index (χ0) is 16.2. The first-order chi connectivity index (χ1) is 10.6. The van der Waals surface area contributed by atoms with Crippen LogP contribution in [0.5, 0.6) is 0 Å². The Morgan fingerprint density at radius 3 is 2.64 bits per heavy atom. The summed E-state index contributed by atoms with van der Waals surface area (Å²) in [7, 11) is 0. The minimum Gasteiger partial charge on any atom is -0.465 e. The number of ether oxygens (including phenoxy) is 1. The first-order valence-corrected chi connectivity index (χ1v) is 7.26. The molecule has 1 fully saturated rings. The Morgan fingerprint density at radius 1 is 1.36 bits per heavy atom. The first kappa shape index (κ1) is 15.9. The van der Waals surface area contributed by atoms with Crippen LogP contribution in [0, 0.1) is 5.41 Å². The van der Waals surface area contributed by atoms with E-state index in [9.17, 15) is 14.4 Å². The Bertz CT molecular complexity index is 596. The molecule has 1 atom stereocenters. The van der Waals surface area contributed by atoms with Crippen molar-refractivity contribution in [1.29, 1.82) is 0 Å². The van der Waals surface area contributed by atoms with E-state index in [0.717, 1.165) is 4.90 Å². The molecule has 1 aliphatic rings. The number of likely N-dealkylation sites (tertiary alicyclic amines) is 1. The van der Waals surface area contributed by atoms with Crippen molar-refractivity contribution in [1.82, 2.24) is 4.90 Å². The van der Waals surface area contributed by atoms with Crippen molar-refractivity contribution in [2.75, 3.05) is 13.2 Å². The van der Waals surface area contributed by atoms with Gasteiger partial charge in [-0.05, 0) is 31.9 Å². The van der Waals surface area contributed by atoms with E-state index in [1.54, 1.807) is 37.3 Å². The van der Waals surface area contributed by atoms with Crippen LogP contribution >= 0.6 is 0 Å². The van der Waals surface area contributed by atoms with E-state index in [4.69, 9.17) is 4.74 Å². The van der Waals surface area contributed by atoms with Crippen LogP contribution in [0.2, 0.25) is 0 Å². The third-order valence-electron chi connectivity index (χ3n) is 3.84. The molecule has 0 spiro atoms. The van der Waals surface area contributed by atoms with Crippen LogP contribution in [0.25, 0.3) is 0 Å². The van der Waals surface area contributed by atoms with Crippen molar-refractivity contribution >= 4 is 17.8 Å². The van der Waals surface area contributed by atoms with E-state index in [1.165, 1.54) is 6.08 Å². The summed E-state index contributed by atoms with van der Waals surface area (Å²) in [5, 5.41) is 0. The Kier molecular flexibility index (Phi) is 4.75. The van der Waals surface area contributed by atoms with Gasteiger partial charge in [-0.25, -0.2) is 0 Å². The van der Waals surface area contributed by atoms with Gasteiger partial charge in [0, 0.05) is 12.1 Å². The lowest BCUT2D eigenvalue weighted by molar-refractivity contribution is -0.160. The van der Waals surface area contributed by atoms with E-state index >= 15 is 0 Å². The molecule has 0 unspecified atom stereocenters. The van der Waals surface area contributed by atoms with E-state index in [-0.39, 0.29) is 31.9 Å². The van der Waals surface area contributed by atoms with E-state index in [2.05, 4.69) is 6.58 Å². The van der Waals surface area contributed by atoms with E-state index in [1.807, 2.05) is 0 Å². The number of carbonyl (C=O) groups is 3. The third-order valence-corrected chi connectivity index (χ3v) is 3.84. The van der Waals surface area contributed by atoms with E-state index < -0.39 is 17.3 Å². The second-order valence-corrected chi connectivity index (χ2v) is 5.17. The number of nitrogens with zero attached hydrogens (tertiary/aromatic N) is 1. The molecule has 0 N–H and O–H groups in total. The maximum absolute atomic E-state index is 12.7. The summed E-state index contributed by atoms with van der Waals surface area (Å²) in [6.07, 6.45) is 1.95. The molecule has 0 bridgehead atoms. The number of esters is 1. The SMILES string of the molecule is C=CC[C@@]1(C(=O)OCC)CCN(C(=O)c2ccccc2)C1=O. The second kappa shape index (κ2) is 6.56. The van der Waals surface area contributed by atoms with Crippen LogP contribution < -0.4 is 0 Å². The van der Waals surface area contributed by atoms with Crippen LogP contribution in [0.15, 0.2) is 43.0 Å². The third kappa shape index (κ3) is 2.66. The molecule has 0 aromatic heterocycles. The smallest absolute Gasteiger partial charge is 0.322 e. The lowest BCUT2D eigenvalue weighted by Gasteiger charge is -2.23. The molecule has 0 aliphatic carbocycles. The summed E-state index contributed by atoms with van der Waals surface area (Å²) >= 11 is 0. The average Bonchev–Trinajstić information content (AvgIpc) is 2.86. The normalized spacial score (nSPS) is 20.8. The first-order valence-electron chi connectivity index (χ1n) is 7.26. The van der Waals surface area contributed by atoms with Gasteiger partial charge in [0.05, 0.1) is 6.61 Å². The molecule has 2 amide bonds. The van der Waals surface area contributed by atoms with Crippen molar-refractivity contribution in [2.24, 2.45) is 5.41 Å². The second-order valence-electron chi connectivity index (χ2n) is 5.17. The molecule has 1 aromatic carbocycles. The Balaban J connectivity index is 2.28. The fraction of sp³-hybridized carbons (Fsp3) is 0.353. The van der Waals surface area contributed by atoms with Gasteiger partial charge in [0.2, 0.25) is 5.91 Å². The van der Waals surface area contributed by atoms with Crippen molar-refractivity contribution in [2.45, 2.75) is 19.8 Å². The number of amides is 2. The number of allylic oxidation sites excluding steroid dienone is 1. The molecule has 0 radical (unpaired) electrons. The highest BCUT2D eigenvalue weighted by atomic mass is 16.5. The van der Waals surface area contributed by atoms with Gasteiger partial charge in [0.1, 0.15) is 0 Å². The van der Waals surface area contributed by atoms with E-state index in [0.29, 0.717) is 5.56 Å². The standard InChI is InChI=1S/C17H19NO4/c1-3-10-17(16(21)22-4-2)11-12-18(15(17)20)14(19)13-8-6-5-7-9-13/h3,5-9H,1,4,10-12H2,2H3/t17-/m1/s1. The van der Waals surface area contributed by atoms with Gasteiger partial charge in [0.15, 0.2) is 5.41 Å². The molecule has 116 valence electrons. The summed E-state index contributed by atoms with van der Waals surface area (Å²) in [6.45, 7) is 5.70. The maximum atomic E-state index is 12.7. The minimum atomic E-state index is -1.32. The lowest BCUT2D eigenvalue weighted by atomic mass is 9.83. The molecule has 5 heteroatoms. The molecular formula is C17H19NO4. The molecule has 1 aromatic rings. The Labute approximate surface area is 129 Å². The summed E-state index contributed by atoms with van der Waals surface area (Å²) in [5.41, 5.74) is -0.892. The van der Waals surface area contributed by atoms with Crippen LogP contribution in [0.4, 0.5) is 0 Å². The number of hydrogen-bond acceptors (Lipinski definition) is 4. The van der Waals surface area contributed by atoms with Gasteiger partial charge >= 0.3 is 5.97 Å². The molecule has 1 aliphatic heterocycles. The van der Waals surface area contributed by atoms with Crippen molar-refractivity contribution in [3.05, 3.63) is 48.6 Å². The van der Waals surface area contributed by atoms with Crippen LogP contribution in [0.3, 0.4) is 0 Å². The zero-order valence-corrected chi connectivity index (χ0v) is 12.6. The van der Waals surface area contributed by atoms with Gasteiger partial charge in [-0.15, -0.1) is 6.58 Å².